The van der Waals surface area contributed by atoms with Crippen LogP contribution in [0.15, 0.2) is 90.5 Å². The first-order valence-electron chi connectivity index (χ1n) is 9.18. The second kappa shape index (κ2) is 8.39. The summed E-state index contributed by atoms with van der Waals surface area (Å²) in [5, 5.41) is 15.2. The lowest BCUT2D eigenvalue weighted by Gasteiger charge is -2.20. The standard InChI is InChI=1S/C23H20N4O2/c1-27(16-17-5-4-12-24-14-17)23(26-28)20-9-11-22(25-15-20)29-21-10-8-18-6-2-3-7-19(18)13-21/h2-15,28H,16H2,1H3/b26-23-. The molecule has 0 bridgehead atoms. The van der Waals surface area contributed by atoms with E-state index in [1.165, 1.54) is 0 Å². The molecule has 2 aromatic carbocycles. The van der Waals surface area contributed by atoms with Gasteiger partial charge in [-0.1, -0.05) is 41.6 Å². The average Bonchev–Trinajstić information content (AvgIpc) is 2.76. The first-order valence-corrected chi connectivity index (χ1v) is 9.18. The summed E-state index contributed by atoms with van der Waals surface area (Å²) in [5.41, 5.74) is 1.70. The van der Waals surface area contributed by atoms with Gasteiger partial charge < -0.3 is 14.8 Å². The molecule has 0 radical (unpaired) electrons. The molecular formula is C23H20N4O2. The van der Waals surface area contributed by atoms with Crippen LogP contribution in [0, 0.1) is 0 Å². The van der Waals surface area contributed by atoms with Gasteiger partial charge in [-0.2, -0.15) is 0 Å². The van der Waals surface area contributed by atoms with Gasteiger partial charge in [-0.15, -0.1) is 0 Å². The van der Waals surface area contributed by atoms with Crippen LogP contribution < -0.4 is 4.74 Å². The molecule has 0 unspecified atom stereocenters. The third-order valence-corrected chi connectivity index (χ3v) is 4.54. The first kappa shape index (κ1) is 18.4. The van der Waals surface area contributed by atoms with Crippen LogP contribution in [0.1, 0.15) is 11.1 Å². The maximum atomic E-state index is 9.50. The Bertz CT molecular complexity index is 1130. The molecule has 2 heterocycles. The zero-order valence-corrected chi connectivity index (χ0v) is 15.9. The number of oxime groups is 1. The quantitative estimate of drug-likeness (QED) is 0.234. The molecule has 0 saturated heterocycles. The van der Waals surface area contributed by atoms with Crippen LogP contribution in [0.25, 0.3) is 10.8 Å². The molecule has 144 valence electrons. The number of fused-ring (bicyclic) bond motifs is 1. The maximum absolute atomic E-state index is 9.50. The van der Waals surface area contributed by atoms with Crippen LogP contribution in [0.2, 0.25) is 0 Å². The molecule has 0 aliphatic carbocycles. The maximum Gasteiger partial charge on any atom is 0.219 e. The summed E-state index contributed by atoms with van der Waals surface area (Å²) in [6.45, 7) is 0.558. The number of nitrogens with zero attached hydrogens (tertiary/aromatic N) is 4. The van der Waals surface area contributed by atoms with Crippen LogP contribution in [-0.4, -0.2) is 33.0 Å². The van der Waals surface area contributed by atoms with Gasteiger partial charge in [-0.05, 0) is 40.6 Å². The summed E-state index contributed by atoms with van der Waals surface area (Å²) in [7, 11) is 1.85. The number of aromatic nitrogens is 2. The minimum absolute atomic E-state index is 0.415. The van der Waals surface area contributed by atoms with Crippen LogP contribution in [0.3, 0.4) is 0 Å². The van der Waals surface area contributed by atoms with Crippen LogP contribution in [0.4, 0.5) is 0 Å². The lowest BCUT2D eigenvalue weighted by Crippen LogP contribution is -2.27. The Kier molecular flexibility index (Phi) is 5.33. The molecule has 0 amide bonds. The molecule has 0 spiro atoms. The average molecular weight is 384 g/mol. The van der Waals surface area contributed by atoms with Gasteiger partial charge in [-0.3, -0.25) is 4.98 Å². The molecule has 0 saturated carbocycles. The highest BCUT2D eigenvalue weighted by Gasteiger charge is 2.12. The van der Waals surface area contributed by atoms with Crippen molar-refractivity contribution >= 4 is 16.6 Å². The summed E-state index contributed by atoms with van der Waals surface area (Å²) in [6.07, 6.45) is 5.14. The monoisotopic (exact) mass is 384 g/mol. The topological polar surface area (TPSA) is 70.8 Å². The number of rotatable bonds is 5. The fourth-order valence-electron chi connectivity index (χ4n) is 3.12. The van der Waals surface area contributed by atoms with Gasteiger partial charge in [0.05, 0.1) is 0 Å². The highest BCUT2D eigenvalue weighted by Crippen LogP contribution is 2.24. The van der Waals surface area contributed by atoms with Crippen molar-refractivity contribution in [2.45, 2.75) is 6.54 Å². The van der Waals surface area contributed by atoms with Gasteiger partial charge in [0.2, 0.25) is 5.88 Å². The zero-order chi connectivity index (χ0) is 20.1. The van der Waals surface area contributed by atoms with E-state index in [9.17, 15) is 5.21 Å². The molecule has 6 nitrogen and oxygen atoms in total. The Morgan fingerprint density at radius 1 is 1.00 bits per heavy atom. The van der Waals surface area contributed by atoms with Crippen molar-refractivity contribution in [2.75, 3.05) is 7.05 Å². The second-order valence-corrected chi connectivity index (χ2v) is 6.64. The van der Waals surface area contributed by atoms with Gasteiger partial charge in [0, 0.05) is 43.8 Å². The van der Waals surface area contributed by atoms with E-state index in [1.54, 1.807) is 24.7 Å². The number of benzene rings is 2. The largest absolute Gasteiger partial charge is 0.439 e. The molecular weight excluding hydrogens is 364 g/mol. The number of hydrogen-bond acceptors (Lipinski definition) is 5. The van der Waals surface area contributed by atoms with Gasteiger partial charge in [-0.25, -0.2) is 4.98 Å². The summed E-state index contributed by atoms with van der Waals surface area (Å²) in [6, 6.07) is 21.4. The minimum Gasteiger partial charge on any atom is -0.439 e. The van der Waals surface area contributed by atoms with Gasteiger partial charge in [0.25, 0.3) is 0 Å². The Morgan fingerprint density at radius 3 is 2.59 bits per heavy atom. The SMILES string of the molecule is CN(Cc1cccnc1)/C(=N\O)c1ccc(Oc2ccc3ccccc3c2)nc1. The fraction of sp³-hybridized carbons (Fsp3) is 0.0870. The number of hydrogen-bond donors (Lipinski definition) is 1. The highest BCUT2D eigenvalue weighted by molar-refractivity contribution is 5.98. The van der Waals surface area contributed by atoms with Crippen molar-refractivity contribution < 1.29 is 9.94 Å². The predicted octanol–water partition coefficient (Wildman–Crippen LogP) is 4.69. The molecule has 2 aromatic heterocycles. The van der Waals surface area contributed by atoms with Crippen LogP contribution in [0.5, 0.6) is 11.6 Å². The van der Waals surface area contributed by atoms with E-state index in [2.05, 4.69) is 21.2 Å². The van der Waals surface area contributed by atoms with Crippen molar-refractivity contribution in [1.29, 1.82) is 0 Å². The number of ether oxygens (including phenoxy) is 1. The smallest absolute Gasteiger partial charge is 0.219 e. The Morgan fingerprint density at radius 2 is 1.86 bits per heavy atom. The van der Waals surface area contributed by atoms with Gasteiger partial charge >= 0.3 is 0 Å². The van der Waals surface area contributed by atoms with Crippen LogP contribution in [-0.2, 0) is 6.54 Å². The molecule has 0 aliphatic heterocycles. The molecule has 4 aromatic rings. The third kappa shape index (κ3) is 4.32. The number of amidine groups is 1. The Labute approximate surface area is 168 Å². The molecule has 0 atom stereocenters. The number of pyridine rings is 2. The van der Waals surface area contributed by atoms with Gasteiger partial charge in [0.1, 0.15) is 5.75 Å². The first-order chi connectivity index (χ1) is 14.2. The third-order valence-electron chi connectivity index (χ3n) is 4.54. The van der Waals surface area contributed by atoms with Crippen molar-refractivity contribution in [1.82, 2.24) is 14.9 Å². The Hall–Kier alpha value is -3.93. The highest BCUT2D eigenvalue weighted by atomic mass is 16.5. The van der Waals surface area contributed by atoms with E-state index >= 15 is 0 Å². The zero-order valence-electron chi connectivity index (χ0n) is 15.9. The van der Waals surface area contributed by atoms with E-state index < -0.39 is 0 Å². The van der Waals surface area contributed by atoms with Crippen LogP contribution >= 0.6 is 0 Å². The lowest BCUT2D eigenvalue weighted by molar-refractivity contribution is 0.306. The molecule has 0 fully saturated rings. The van der Waals surface area contributed by atoms with Crippen molar-refractivity contribution in [3.63, 3.8) is 0 Å². The van der Waals surface area contributed by atoms with E-state index in [0.29, 0.717) is 29.6 Å². The molecule has 6 heteroatoms. The summed E-state index contributed by atoms with van der Waals surface area (Å²) >= 11 is 0. The summed E-state index contributed by atoms with van der Waals surface area (Å²) in [4.78, 5) is 10.3. The molecule has 29 heavy (non-hydrogen) atoms. The molecule has 4 rings (SSSR count). The van der Waals surface area contributed by atoms with Crippen molar-refractivity contribution in [2.24, 2.45) is 5.16 Å². The van der Waals surface area contributed by atoms with Crippen molar-refractivity contribution in [3.8, 4) is 11.6 Å². The second-order valence-electron chi connectivity index (χ2n) is 6.64. The van der Waals surface area contributed by atoms with Crippen molar-refractivity contribution in [3.05, 3.63) is 96.4 Å². The van der Waals surface area contributed by atoms with E-state index in [0.717, 1.165) is 16.3 Å². The minimum atomic E-state index is 0.415. The van der Waals surface area contributed by atoms with Gasteiger partial charge in [0.15, 0.2) is 5.84 Å². The van der Waals surface area contributed by atoms with E-state index in [1.807, 2.05) is 66.5 Å². The van der Waals surface area contributed by atoms with E-state index in [-0.39, 0.29) is 0 Å². The van der Waals surface area contributed by atoms with E-state index in [4.69, 9.17) is 4.74 Å². The lowest BCUT2D eigenvalue weighted by atomic mass is 10.1. The normalized spacial score (nSPS) is 11.4. The fourth-order valence-corrected chi connectivity index (χ4v) is 3.12. The summed E-state index contributed by atoms with van der Waals surface area (Å²) < 4.78 is 5.88. The summed E-state index contributed by atoms with van der Waals surface area (Å²) in [5.74, 6) is 1.60. The molecule has 0 aliphatic rings. The predicted molar refractivity (Wildman–Crippen MR) is 112 cm³/mol. The molecule has 1 N–H and O–H groups in total. The Balaban J connectivity index is 1.48.